The lowest BCUT2D eigenvalue weighted by atomic mass is 9.93. The van der Waals surface area contributed by atoms with Crippen LogP contribution in [-0.4, -0.2) is 34.5 Å². The molecule has 1 rings (SSSR count). The van der Waals surface area contributed by atoms with Crippen LogP contribution in [0.4, 0.5) is 0 Å². The lowest BCUT2D eigenvalue weighted by molar-refractivity contribution is 0.0913. The second-order valence-electron chi connectivity index (χ2n) is 4.55. The molecule has 19 heavy (non-hydrogen) atoms. The minimum atomic E-state index is -0.698. The molecule has 0 radical (unpaired) electrons. The third kappa shape index (κ3) is 4.97. The first-order chi connectivity index (χ1) is 9.12. The van der Waals surface area contributed by atoms with Crippen LogP contribution in [0.1, 0.15) is 37.0 Å². The van der Waals surface area contributed by atoms with Crippen LogP contribution in [0.25, 0.3) is 0 Å². The van der Waals surface area contributed by atoms with Gasteiger partial charge in [-0.25, -0.2) is 0 Å². The van der Waals surface area contributed by atoms with Gasteiger partial charge in [-0.15, -0.1) is 11.8 Å². The van der Waals surface area contributed by atoms with Crippen molar-refractivity contribution in [3.63, 3.8) is 0 Å². The number of thioether (sulfide) groups is 1. The van der Waals surface area contributed by atoms with Gasteiger partial charge >= 0.3 is 0 Å². The van der Waals surface area contributed by atoms with Gasteiger partial charge in [0.05, 0.1) is 12.7 Å². The van der Waals surface area contributed by atoms with Gasteiger partial charge in [-0.05, 0) is 25.0 Å². The van der Waals surface area contributed by atoms with Crippen molar-refractivity contribution < 1.29 is 15.0 Å². The van der Waals surface area contributed by atoms with Crippen LogP contribution in [-0.2, 0) is 0 Å². The van der Waals surface area contributed by atoms with Crippen molar-refractivity contribution in [2.75, 3.05) is 12.4 Å². The van der Waals surface area contributed by atoms with Crippen molar-refractivity contribution in [3.8, 4) is 0 Å². The first kappa shape index (κ1) is 16.2. The predicted molar refractivity (Wildman–Crippen MR) is 78.7 cm³/mol. The third-order valence-electron chi connectivity index (χ3n) is 3.15. The molecule has 0 aliphatic rings. The SMILES string of the molecule is CCC(CC)C(=O)c1ccc(SCC(O)CO)cc1. The van der Waals surface area contributed by atoms with E-state index in [0.717, 1.165) is 23.3 Å². The maximum atomic E-state index is 12.2. The predicted octanol–water partition coefficient (Wildman–Crippen LogP) is 2.75. The number of aliphatic hydroxyl groups is 2. The summed E-state index contributed by atoms with van der Waals surface area (Å²) in [7, 11) is 0. The van der Waals surface area contributed by atoms with E-state index in [9.17, 15) is 9.90 Å². The van der Waals surface area contributed by atoms with E-state index in [2.05, 4.69) is 0 Å². The molecule has 2 N–H and O–H groups in total. The maximum absolute atomic E-state index is 12.2. The zero-order valence-electron chi connectivity index (χ0n) is 11.5. The van der Waals surface area contributed by atoms with E-state index in [1.807, 2.05) is 38.1 Å². The summed E-state index contributed by atoms with van der Waals surface area (Å²) in [5.41, 5.74) is 0.751. The number of ketones is 1. The van der Waals surface area contributed by atoms with Crippen molar-refractivity contribution in [2.24, 2.45) is 5.92 Å². The van der Waals surface area contributed by atoms with Crippen LogP contribution < -0.4 is 0 Å². The molecule has 0 bridgehead atoms. The fourth-order valence-corrected chi connectivity index (χ4v) is 2.67. The Morgan fingerprint density at radius 2 is 1.79 bits per heavy atom. The highest BCUT2D eigenvalue weighted by atomic mass is 32.2. The summed E-state index contributed by atoms with van der Waals surface area (Å²) in [4.78, 5) is 13.1. The second-order valence-corrected chi connectivity index (χ2v) is 5.64. The molecule has 106 valence electrons. The minimum absolute atomic E-state index is 0.106. The summed E-state index contributed by atoms with van der Waals surface area (Å²) in [6.07, 6.45) is 1.04. The van der Waals surface area contributed by atoms with Crippen molar-refractivity contribution >= 4 is 17.5 Å². The van der Waals surface area contributed by atoms with Crippen LogP contribution in [0, 0.1) is 5.92 Å². The second kappa shape index (κ2) is 8.35. The summed E-state index contributed by atoms with van der Waals surface area (Å²) in [6.45, 7) is 3.84. The Labute approximate surface area is 119 Å². The van der Waals surface area contributed by atoms with Crippen LogP contribution in [0.2, 0.25) is 0 Å². The summed E-state index contributed by atoms with van der Waals surface area (Å²) >= 11 is 1.47. The number of Topliss-reactive ketones (excluding diaryl/α,β-unsaturated/α-hetero) is 1. The number of carbonyl (C=O) groups excluding carboxylic acids is 1. The molecule has 0 aromatic heterocycles. The molecule has 4 heteroatoms. The summed E-state index contributed by atoms with van der Waals surface area (Å²) in [5, 5.41) is 18.0. The Morgan fingerprint density at radius 1 is 1.21 bits per heavy atom. The van der Waals surface area contributed by atoms with Crippen LogP contribution in [0.15, 0.2) is 29.2 Å². The van der Waals surface area contributed by atoms with Gasteiger partial charge < -0.3 is 10.2 Å². The van der Waals surface area contributed by atoms with Gasteiger partial charge in [0.25, 0.3) is 0 Å². The standard InChI is InChI=1S/C15H22O3S/c1-3-11(4-2)15(18)12-5-7-14(8-6-12)19-10-13(17)9-16/h5-8,11,13,16-17H,3-4,9-10H2,1-2H3. The van der Waals surface area contributed by atoms with Gasteiger partial charge in [0.1, 0.15) is 0 Å². The Kier molecular flexibility index (Phi) is 7.13. The molecule has 1 unspecified atom stereocenters. The van der Waals surface area contributed by atoms with Gasteiger partial charge in [-0.1, -0.05) is 26.0 Å². The Bertz CT molecular complexity index is 385. The number of hydrogen-bond acceptors (Lipinski definition) is 4. The van der Waals surface area contributed by atoms with E-state index in [-0.39, 0.29) is 18.3 Å². The molecule has 1 atom stereocenters. The molecule has 0 spiro atoms. The maximum Gasteiger partial charge on any atom is 0.165 e. The normalized spacial score (nSPS) is 12.7. The average molecular weight is 282 g/mol. The minimum Gasteiger partial charge on any atom is -0.394 e. The van der Waals surface area contributed by atoms with Crippen LogP contribution in [0.5, 0.6) is 0 Å². The lowest BCUT2D eigenvalue weighted by Crippen LogP contribution is -2.14. The lowest BCUT2D eigenvalue weighted by Gasteiger charge is -2.11. The smallest absolute Gasteiger partial charge is 0.165 e. The van der Waals surface area contributed by atoms with Gasteiger partial charge in [0.15, 0.2) is 5.78 Å². The highest BCUT2D eigenvalue weighted by Crippen LogP contribution is 2.21. The van der Waals surface area contributed by atoms with Crippen LogP contribution in [0.3, 0.4) is 0 Å². The van der Waals surface area contributed by atoms with Crippen molar-refractivity contribution in [1.29, 1.82) is 0 Å². The first-order valence-corrected chi connectivity index (χ1v) is 7.66. The Balaban J connectivity index is 2.63. The van der Waals surface area contributed by atoms with Gasteiger partial charge in [-0.2, -0.15) is 0 Å². The molecule has 0 heterocycles. The summed E-state index contributed by atoms with van der Waals surface area (Å²) in [5.74, 6) is 0.766. The zero-order chi connectivity index (χ0) is 14.3. The summed E-state index contributed by atoms with van der Waals surface area (Å²) in [6, 6.07) is 7.47. The van der Waals surface area contributed by atoms with Gasteiger partial charge in [0.2, 0.25) is 0 Å². The quantitative estimate of drug-likeness (QED) is 0.568. The molecule has 0 amide bonds. The van der Waals surface area contributed by atoms with E-state index in [1.54, 1.807) is 0 Å². The van der Waals surface area contributed by atoms with Crippen LogP contribution >= 0.6 is 11.8 Å². The molecule has 3 nitrogen and oxygen atoms in total. The highest BCUT2D eigenvalue weighted by Gasteiger charge is 2.16. The summed E-state index contributed by atoms with van der Waals surface area (Å²) < 4.78 is 0. The van der Waals surface area contributed by atoms with Crippen molar-refractivity contribution in [2.45, 2.75) is 37.7 Å². The number of benzene rings is 1. The van der Waals surface area contributed by atoms with E-state index >= 15 is 0 Å². The van der Waals surface area contributed by atoms with E-state index in [0.29, 0.717) is 5.75 Å². The monoisotopic (exact) mass is 282 g/mol. The van der Waals surface area contributed by atoms with E-state index in [1.165, 1.54) is 11.8 Å². The Morgan fingerprint density at radius 3 is 2.26 bits per heavy atom. The fraction of sp³-hybridized carbons (Fsp3) is 0.533. The third-order valence-corrected chi connectivity index (χ3v) is 4.31. The molecule has 0 aliphatic heterocycles. The molecular weight excluding hydrogens is 260 g/mol. The molecule has 0 saturated heterocycles. The molecule has 1 aromatic rings. The average Bonchev–Trinajstić information content (AvgIpc) is 2.46. The van der Waals surface area contributed by atoms with Gasteiger partial charge in [-0.3, -0.25) is 4.79 Å². The first-order valence-electron chi connectivity index (χ1n) is 6.68. The van der Waals surface area contributed by atoms with E-state index < -0.39 is 6.10 Å². The number of carbonyl (C=O) groups is 1. The van der Waals surface area contributed by atoms with Crippen molar-refractivity contribution in [1.82, 2.24) is 0 Å². The highest BCUT2D eigenvalue weighted by molar-refractivity contribution is 7.99. The fourth-order valence-electron chi connectivity index (χ4n) is 1.86. The Hall–Kier alpha value is -0.840. The molecule has 0 saturated carbocycles. The number of rotatable bonds is 8. The number of hydrogen-bond donors (Lipinski definition) is 2. The largest absolute Gasteiger partial charge is 0.394 e. The number of aliphatic hydroxyl groups excluding tert-OH is 2. The molecule has 0 fully saturated rings. The van der Waals surface area contributed by atoms with Gasteiger partial charge in [0, 0.05) is 22.1 Å². The van der Waals surface area contributed by atoms with E-state index in [4.69, 9.17) is 5.11 Å². The zero-order valence-corrected chi connectivity index (χ0v) is 12.3. The molecule has 0 aliphatic carbocycles. The molecule has 1 aromatic carbocycles. The van der Waals surface area contributed by atoms with Crippen molar-refractivity contribution in [3.05, 3.63) is 29.8 Å². The topological polar surface area (TPSA) is 57.5 Å². The molecular formula is C15H22O3S.